The number of hydrogen-bond donors (Lipinski definition) is 2. The van der Waals surface area contributed by atoms with Gasteiger partial charge in [0.05, 0.1) is 5.41 Å². The second-order valence-corrected chi connectivity index (χ2v) is 4.03. The van der Waals surface area contributed by atoms with E-state index in [2.05, 4.69) is 0 Å². The van der Waals surface area contributed by atoms with Gasteiger partial charge in [-0.15, -0.1) is 0 Å². The van der Waals surface area contributed by atoms with E-state index in [0.29, 0.717) is 17.7 Å². The highest BCUT2D eigenvalue weighted by Gasteiger charge is 2.34. The van der Waals surface area contributed by atoms with Gasteiger partial charge in [-0.3, -0.25) is 4.79 Å². The Balaban J connectivity index is 3.37. The van der Waals surface area contributed by atoms with Crippen molar-refractivity contribution < 1.29 is 9.90 Å². The van der Waals surface area contributed by atoms with Crippen molar-refractivity contribution in [2.45, 2.75) is 32.6 Å². The Morgan fingerprint density at radius 3 is 2.60 bits per heavy atom. The lowest BCUT2D eigenvalue weighted by Crippen LogP contribution is -2.32. The number of nitrogens with two attached hydrogens (primary N) is 1. The van der Waals surface area contributed by atoms with E-state index in [9.17, 15) is 9.90 Å². The second-order valence-electron chi connectivity index (χ2n) is 4.03. The smallest absolute Gasteiger partial charge is 0.313 e. The minimum absolute atomic E-state index is 0.524. The summed E-state index contributed by atoms with van der Waals surface area (Å²) in [5.74, 6) is -0.831. The number of benzene rings is 1. The van der Waals surface area contributed by atoms with Gasteiger partial charge in [0, 0.05) is 5.69 Å². The van der Waals surface area contributed by atoms with Crippen LogP contribution >= 0.6 is 0 Å². The van der Waals surface area contributed by atoms with Gasteiger partial charge in [0.15, 0.2) is 0 Å². The zero-order valence-corrected chi connectivity index (χ0v) is 9.37. The third kappa shape index (κ3) is 1.82. The van der Waals surface area contributed by atoms with E-state index in [1.165, 1.54) is 0 Å². The molecule has 1 rings (SSSR count). The fourth-order valence-corrected chi connectivity index (χ4v) is 1.62. The van der Waals surface area contributed by atoms with Crippen molar-refractivity contribution in [3.63, 3.8) is 0 Å². The summed E-state index contributed by atoms with van der Waals surface area (Å²) in [7, 11) is 0. The monoisotopic (exact) mass is 207 g/mol. The number of carbonyl (C=O) groups is 1. The van der Waals surface area contributed by atoms with Crippen LogP contribution in [-0.2, 0) is 10.2 Å². The summed E-state index contributed by atoms with van der Waals surface area (Å²) in [4.78, 5) is 11.3. The predicted octanol–water partition coefficient (Wildman–Crippen LogP) is 2.33. The molecule has 1 aromatic rings. The molecule has 0 radical (unpaired) electrons. The number of carboxylic acids is 1. The summed E-state index contributed by atoms with van der Waals surface area (Å²) < 4.78 is 0. The normalized spacial score (nSPS) is 14.6. The van der Waals surface area contributed by atoms with Crippen LogP contribution in [0.5, 0.6) is 0 Å². The molecule has 0 aliphatic carbocycles. The molecule has 0 bridgehead atoms. The van der Waals surface area contributed by atoms with E-state index < -0.39 is 11.4 Å². The lowest BCUT2D eigenvalue weighted by atomic mass is 9.78. The zero-order chi connectivity index (χ0) is 11.6. The first-order valence-electron chi connectivity index (χ1n) is 5.02. The van der Waals surface area contributed by atoms with Gasteiger partial charge in [0.1, 0.15) is 0 Å². The molecule has 82 valence electrons. The first-order chi connectivity index (χ1) is 6.93. The van der Waals surface area contributed by atoms with Gasteiger partial charge in [-0.2, -0.15) is 0 Å². The van der Waals surface area contributed by atoms with E-state index in [1.807, 2.05) is 26.0 Å². The van der Waals surface area contributed by atoms with Crippen LogP contribution in [-0.4, -0.2) is 11.1 Å². The van der Waals surface area contributed by atoms with Crippen molar-refractivity contribution in [2.24, 2.45) is 0 Å². The topological polar surface area (TPSA) is 63.3 Å². The summed E-state index contributed by atoms with van der Waals surface area (Å²) >= 11 is 0. The van der Waals surface area contributed by atoms with Crippen molar-refractivity contribution in [1.82, 2.24) is 0 Å². The van der Waals surface area contributed by atoms with Crippen molar-refractivity contribution in [2.75, 3.05) is 5.73 Å². The number of aliphatic carboxylic acids is 1. The van der Waals surface area contributed by atoms with Crippen molar-refractivity contribution in [3.8, 4) is 0 Å². The maximum atomic E-state index is 11.3. The molecule has 0 aromatic heterocycles. The molecule has 0 saturated carbocycles. The SMILES string of the molecule is CCC(C)(C(=O)O)c1cccc(C)c1N. The molecule has 0 aliphatic rings. The Morgan fingerprint density at radius 2 is 2.13 bits per heavy atom. The number of para-hydroxylation sites is 1. The van der Waals surface area contributed by atoms with E-state index in [0.717, 1.165) is 5.56 Å². The van der Waals surface area contributed by atoms with Gasteiger partial charge in [-0.25, -0.2) is 0 Å². The second kappa shape index (κ2) is 3.93. The number of nitrogen functional groups attached to an aromatic ring is 1. The molecular weight excluding hydrogens is 190 g/mol. The van der Waals surface area contributed by atoms with Crippen LogP contribution in [0.2, 0.25) is 0 Å². The molecule has 0 aliphatic heterocycles. The summed E-state index contributed by atoms with van der Waals surface area (Å²) in [6.07, 6.45) is 0.524. The number of aryl methyl sites for hydroxylation is 1. The van der Waals surface area contributed by atoms with Crippen molar-refractivity contribution in [1.29, 1.82) is 0 Å². The van der Waals surface area contributed by atoms with Gasteiger partial charge in [-0.05, 0) is 31.4 Å². The summed E-state index contributed by atoms with van der Waals surface area (Å²) in [6.45, 7) is 5.45. The molecule has 0 fully saturated rings. The highest BCUT2D eigenvalue weighted by Crippen LogP contribution is 2.33. The number of carboxylic acid groups (broad SMARTS) is 1. The lowest BCUT2D eigenvalue weighted by Gasteiger charge is -2.25. The Labute approximate surface area is 89.9 Å². The molecule has 0 heterocycles. The summed E-state index contributed by atoms with van der Waals surface area (Å²) in [5, 5.41) is 9.25. The third-order valence-corrected chi connectivity index (χ3v) is 3.10. The average molecular weight is 207 g/mol. The van der Waals surface area contributed by atoms with Crippen molar-refractivity contribution in [3.05, 3.63) is 29.3 Å². The number of hydrogen-bond acceptors (Lipinski definition) is 2. The van der Waals surface area contributed by atoms with E-state index >= 15 is 0 Å². The van der Waals surface area contributed by atoms with Crippen LogP contribution in [0.3, 0.4) is 0 Å². The van der Waals surface area contributed by atoms with Crippen LogP contribution < -0.4 is 5.73 Å². The first kappa shape index (κ1) is 11.6. The quantitative estimate of drug-likeness (QED) is 0.748. The lowest BCUT2D eigenvalue weighted by molar-refractivity contribution is -0.143. The average Bonchev–Trinajstić information content (AvgIpc) is 2.20. The molecule has 0 saturated heterocycles. The highest BCUT2D eigenvalue weighted by atomic mass is 16.4. The van der Waals surface area contributed by atoms with Crippen LogP contribution in [0, 0.1) is 6.92 Å². The van der Waals surface area contributed by atoms with Gasteiger partial charge < -0.3 is 10.8 Å². The summed E-state index contributed by atoms with van der Waals surface area (Å²) in [6, 6.07) is 5.52. The molecule has 1 unspecified atom stereocenters. The van der Waals surface area contributed by atoms with Crippen LogP contribution in [0.4, 0.5) is 5.69 Å². The largest absolute Gasteiger partial charge is 0.481 e. The zero-order valence-electron chi connectivity index (χ0n) is 9.37. The number of rotatable bonds is 3. The third-order valence-electron chi connectivity index (χ3n) is 3.10. The minimum atomic E-state index is -0.893. The molecule has 3 N–H and O–H groups in total. The molecule has 1 atom stereocenters. The Kier molecular flexibility index (Phi) is 3.03. The Morgan fingerprint density at radius 1 is 1.53 bits per heavy atom. The van der Waals surface area contributed by atoms with Crippen LogP contribution in [0.1, 0.15) is 31.4 Å². The van der Waals surface area contributed by atoms with Crippen LogP contribution in [0.15, 0.2) is 18.2 Å². The standard InChI is InChI=1S/C12H17NO2/c1-4-12(3,11(14)15)9-7-5-6-8(2)10(9)13/h5-7H,4,13H2,1-3H3,(H,14,15). The van der Waals surface area contributed by atoms with Gasteiger partial charge in [0.25, 0.3) is 0 Å². The van der Waals surface area contributed by atoms with Gasteiger partial charge in [-0.1, -0.05) is 25.1 Å². The number of anilines is 1. The maximum absolute atomic E-state index is 11.3. The van der Waals surface area contributed by atoms with Crippen molar-refractivity contribution >= 4 is 11.7 Å². The Bertz CT molecular complexity index is 387. The molecule has 3 nitrogen and oxygen atoms in total. The van der Waals surface area contributed by atoms with Crippen LogP contribution in [0.25, 0.3) is 0 Å². The van der Waals surface area contributed by atoms with Gasteiger partial charge >= 0.3 is 5.97 Å². The van der Waals surface area contributed by atoms with E-state index in [-0.39, 0.29) is 0 Å². The van der Waals surface area contributed by atoms with E-state index in [4.69, 9.17) is 5.73 Å². The Hall–Kier alpha value is -1.51. The highest BCUT2D eigenvalue weighted by molar-refractivity contribution is 5.83. The minimum Gasteiger partial charge on any atom is -0.481 e. The molecule has 3 heteroatoms. The molecule has 0 amide bonds. The fourth-order valence-electron chi connectivity index (χ4n) is 1.62. The maximum Gasteiger partial charge on any atom is 0.313 e. The summed E-state index contributed by atoms with van der Waals surface area (Å²) in [5.41, 5.74) is 7.24. The molecule has 15 heavy (non-hydrogen) atoms. The van der Waals surface area contributed by atoms with E-state index in [1.54, 1.807) is 13.0 Å². The molecular formula is C12H17NO2. The predicted molar refractivity (Wildman–Crippen MR) is 60.9 cm³/mol. The molecule has 0 spiro atoms. The first-order valence-corrected chi connectivity index (χ1v) is 5.02. The molecule has 1 aromatic carbocycles. The van der Waals surface area contributed by atoms with Gasteiger partial charge in [0.2, 0.25) is 0 Å². The fraction of sp³-hybridized carbons (Fsp3) is 0.417.